The van der Waals surface area contributed by atoms with Crippen molar-refractivity contribution in [1.29, 1.82) is 0 Å². The summed E-state index contributed by atoms with van der Waals surface area (Å²) in [5, 5.41) is 9.05. The van der Waals surface area contributed by atoms with Crippen LogP contribution in [-0.2, 0) is 0 Å². The van der Waals surface area contributed by atoms with Crippen LogP contribution in [0.15, 0.2) is 15.7 Å². The molecule has 0 amide bonds. The molecular formula is C10H8FN3O2S2. The van der Waals surface area contributed by atoms with Gasteiger partial charge in [0.25, 0.3) is 0 Å². The normalized spacial score (nSPS) is 10.6. The highest BCUT2D eigenvalue weighted by Gasteiger charge is 2.17. The van der Waals surface area contributed by atoms with Crippen LogP contribution in [0.2, 0.25) is 0 Å². The second-order valence-corrected chi connectivity index (χ2v) is 5.61. The van der Waals surface area contributed by atoms with Crippen LogP contribution in [0, 0.1) is 19.7 Å². The molecule has 0 aliphatic heterocycles. The summed E-state index contributed by atoms with van der Waals surface area (Å²) in [7, 11) is 0. The van der Waals surface area contributed by atoms with Gasteiger partial charge in [0, 0.05) is 0 Å². The fraction of sp³-hybridized carbons (Fsp3) is 0.200. The fourth-order valence-corrected chi connectivity index (χ4v) is 3.18. The van der Waals surface area contributed by atoms with Crippen LogP contribution in [0.4, 0.5) is 4.39 Å². The smallest absolute Gasteiger partial charge is 0.347 e. The van der Waals surface area contributed by atoms with E-state index in [0.29, 0.717) is 10.0 Å². The average molecular weight is 285 g/mol. The largest absolute Gasteiger partial charge is 0.477 e. The molecule has 0 saturated carbocycles. The number of carboxylic acid groups (broad SMARTS) is 1. The number of hydrogen-bond donors (Lipinski definition) is 1. The maximum atomic E-state index is 13.7. The van der Waals surface area contributed by atoms with E-state index < -0.39 is 11.8 Å². The molecular weight excluding hydrogens is 277 g/mol. The van der Waals surface area contributed by atoms with E-state index >= 15 is 0 Å². The van der Waals surface area contributed by atoms with Gasteiger partial charge >= 0.3 is 5.97 Å². The number of carbonyl (C=O) groups is 1. The molecule has 0 spiro atoms. The van der Waals surface area contributed by atoms with Crippen LogP contribution < -0.4 is 0 Å². The zero-order chi connectivity index (χ0) is 13.3. The summed E-state index contributed by atoms with van der Waals surface area (Å²) in [5.41, 5.74) is 0.667. The van der Waals surface area contributed by atoms with Crippen LogP contribution in [0.1, 0.15) is 21.1 Å². The van der Waals surface area contributed by atoms with E-state index in [1.807, 2.05) is 0 Å². The summed E-state index contributed by atoms with van der Waals surface area (Å²) in [6, 6.07) is 0. The molecule has 2 heterocycles. The summed E-state index contributed by atoms with van der Waals surface area (Å²) >= 11 is 2.00. The van der Waals surface area contributed by atoms with Crippen molar-refractivity contribution < 1.29 is 14.3 Å². The maximum Gasteiger partial charge on any atom is 0.347 e. The van der Waals surface area contributed by atoms with E-state index in [0.717, 1.165) is 23.1 Å². The van der Waals surface area contributed by atoms with Gasteiger partial charge in [-0.2, -0.15) is 0 Å². The third kappa shape index (κ3) is 2.49. The predicted molar refractivity (Wildman–Crippen MR) is 64.7 cm³/mol. The second-order valence-electron chi connectivity index (χ2n) is 3.38. The summed E-state index contributed by atoms with van der Waals surface area (Å²) in [6.07, 6.45) is 1.26. The van der Waals surface area contributed by atoms with Crippen molar-refractivity contribution in [2.45, 2.75) is 23.2 Å². The SMILES string of the molecule is Cc1nc(Sc2ncnc(C)c2F)sc1C(=O)O. The highest BCUT2D eigenvalue weighted by Crippen LogP contribution is 2.33. The molecule has 0 aliphatic carbocycles. The lowest BCUT2D eigenvalue weighted by atomic mass is 10.4. The van der Waals surface area contributed by atoms with Gasteiger partial charge in [0.15, 0.2) is 10.2 Å². The van der Waals surface area contributed by atoms with E-state index in [4.69, 9.17) is 5.11 Å². The minimum absolute atomic E-state index is 0.146. The Morgan fingerprint density at radius 1 is 1.39 bits per heavy atom. The number of halogens is 1. The Balaban J connectivity index is 2.32. The number of aryl methyl sites for hydroxylation is 2. The molecule has 0 unspecified atom stereocenters. The van der Waals surface area contributed by atoms with Crippen LogP contribution in [-0.4, -0.2) is 26.0 Å². The lowest BCUT2D eigenvalue weighted by molar-refractivity contribution is 0.0701. The summed E-state index contributed by atoms with van der Waals surface area (Å²) in [6.45, 7) is 3.14. The van der Waals surface area contributed by atoms with Crippen molar-refractivity contribution in [3.63, 3.8) is 0 Å². The number of nitrogens with zero attached hydrogens (tertiary/aromatic N) is 3. The van der Waals surface area contributed by atoms with E-state index in [-0.39, 0.29) is 15.6 Å². The summed E-state index contributed by atoms with van der Waals surface area (Å²) in [4.78, 5) is 22.6. The standard InChI is InChI=1S/C10H8FN3O2S2/c1-4-6(11)8(13-3-12-4)18-10-14-5(2)7(17-10)9(15)16/h3H,1-2H3,(H,15,16). The average Bonchev–Trinajstić information content (AvgIpc) is 2.66. The molecule has 0 aromatic carbocycles. The summed E-state index contributed by atoms with van der Waals surface area (Å²) in [5.74, 6) is -1.54. The Hall–Kier alpha value is -1.54. The number of rotatable bonds is 3. The number of carboxylic acids is 1. The van der Waals surface area contributed by atoms with Crippen molar-refractivity contribution in [3.8, 4) is 0 Å². The number of hydrogen-bond acceptors (Lipinski definition) is 6. The lowest BCUT2D eigenvalue weighted by Crippen LogP contribution is -1.94. The monoisotopic (exact) mass is 285 g/mol. The van der Waals surface area contributed by atoms with E-state index in [1.165, 1.54) is 13.3 Å². The molecule has 2 rings (SSSR count). The van der Waals surface area contributed by atoms with E-state index in [2.05, 4.69) is 15.0 Å². The minimum atomic E-state index is -1.03. The third-order valence-corrected chi connectivity index (χ3v) is 4.27. The molecule has 5 nitrogen and oxygen atoms in total. The van der Waals surface area contributed by atoms with Gasteiger partial charge in [-0.3, -0.25) is 0 Å². The van der Waals surface area contributed by atoms with Crippen LogP contribution in [0.3, 0.4) is 0 Å². The Bertz CT molecular complexity index is 615. The first-order valence-electron chi connectivity index (χ1n) is 4.84. The van der Waals surface area contributed by atoms with Gasteiger partial charge in [-0.05, 0) is 25.6 Å². The Morgan fingerprint density at radius 3 is 2.72 bits per heavy atom. The van der Waals surface area contributed by atoms with Crippen molar-refractivity contribution in [1.82, 2.24) is 15.0 Å². The molecule has 0 saturated heterocycles. The predicted octanol–water partition coefficient (Wildman–Crippen LogP) is 2.54. The van der Waals surface area contributed by atoms with E-state index in [1.54, 1.807) is 6.92 Å². The second kappa shape index (κ2) is 4.99. The third-order valence-electron chi connectivity index (χ3n) is 2.09. The molecule has 0 radical (unpaired) electrons. The Labute approximate surface area is 110 Å². The van der Waals surface area contributed by atoms with Crippen LogP contribution in [0.5, 0.6) is 0 Å². The zero-order valence-corrected chi connectivity index (χ0v) is 11.1. The lowest BCUT2D eigenvalue weighted by Gasteiger charge is -2.00. The van der Waals surface area contributed by atoms with Crippen molar-refractivity contribution in [2.24, 2.45) is 0 Å². The highest BCUT2D eigenvalue weighted by atomic mass is 32.2. The molecule has 8 heteroatoms. The van der Waals surface area contributed by atoms with Crippen LogP contribution >= 0.6 is 23.1 Å². The molecule has 2 aromatic rings. The van der Waals surface area contributed by atoms with Crippen molar-refractivity contribution in [3.05, 3.63) is 28.4 Å². The van der Waals surface area contributed by atoms with Gasteiger partial charge < -0.3 is 5.11 Å². The van der Waals surface area contributed by atoms with Crippen molar-refractivity contribution in [2.75, 3.05) is 0 Å². The first-order chi connectivity index (χ1) is 8.49. The Morgan fingerprint density at radius 2 is 2.11 bits per heavy atom. The van der Waals surface area contributed by atoms with Gasteiger partial charge in [0.05, 0.1) is 11.4 Å². The first kappa shape index (κ1) is 12.9. The number of aromatic nitrogens is 3. The topological polar surface area (TPSA) is 76.0 Å². The zero-order valence-electron chi connectivity index (χ0n) is 9.47. The molecule has 0 bridgehead atoms. The molecule has 1 N–H and O–H groups in total. The van der Waals surface area contributed by atoms with Gasteiger partial charge in [-0.25, -0.2) is 24.1 Å². The van der Waals surface area contributed by atoms with Gasteiger partial charge in [-0.1, -0.05) is 11.3 Å². The van der Waals surface area contributed by atoms with E-state index in [9.17, 15) is 9.18 Å². The number of thiazole rings is 1. The molecule has 2 aromatic heterocycles. The molecule has 0 atom stereocenters. The van der Waals surface area contributed by atoms with Crippen molar-refractivity contribution >= 4 is 29.1 Å². The molecule has 18 heavy (non-hydrogen) atoms. The maximum absolute atomic E-state index is 13.7. The minimum Gasteiger partial charge on any atom is -0.477 e. The highest BCUT2D eigenvalue weighted by molar-refractivity contribution is 8.01. The quantitative estimate of drug-likeness (QED) is 0.873. The fourth-order valence-electron chi connectivity index (χ4n) is 1.20. The number of aromatic carboxylic acids is 1. The molecule has 0 aliphatic rings. The first-order valence-corrected chi connectivity index (χ1v) is 6.48. The molecule has 94 valence electrons. The van der Waals surface area contributed by atoms with Gasteiger partial charge in [0.1, 0.15) is 16.2 Å². The van der Waals surface area contributed by atoms with Crippen LogP contribution in [0.25, 0.3) is 0 Å². The Kier molecular flexibility index (Phi) is 3.58. The molecule has 0 fully saturated rings. The van der Waals surface area contributed by atoms with Gasteiger partial charge in [-0.15, -0.1) is 0 Å². The summed E-state index contributed by atoms with van der Waals surface area (Å²) < 4.78 is 14.1. The van der Waals surface area contributed by atoms with Gasteiger partial charge in [0.2, 0.25) is 0 Å².